The fourth-order valence-corrected chi connectivity index (χ4v) is 2.89. The number of halogens is 3. The minimum atomic E-state index is -0.631. The van der Waals surface area contributed by atoms with Gasteiger partial charge < -0.3 is 4.74 Å². The largest absolute Gasteiger partial charge is 0.422 e. The second kappa shape index (κ2) is 6.75. The molecule has 1 heterocycles. The van der Waals surface area contributed by atoms with Crippen molar-refractivity contribution in [2.45, 2.75) is 13.3 Å². The molecule has 0 atom stereocenters. The van der Waals surface area contributed by atoms with E-state index in [1.54, 1.807) is 31.2 Å². The molecule has 0 N–H and O–H groups in total. The van der Waals surface area contributed by atoms with Crippen molar-refractivity contribution in [2.24, 2.45) is 0 Å². The highest BCUT2D eigenvalue weighted by Crippen LogP contribution is 2.37. The van der Waals surface area contributed by atoms with Crippen molar-refractivity contribution in [3.63, 3.8) is 0 Å². The third-order valence-corrected chi connectivity index (χ3v) is 4.08. The highest BCUT2D eigenvalue weighted by atomic mass is 35.5. The first-order valence-electron chi connectivity index (χ1n) is 7.15. The van der Waals surface area contributed by atoms with E-state index in [9.17, 15) is 9.18 Å². The molecule has 0 saturated heterocycles. The number of benzene rings is 2. The van der Waals surface area contributed by atoms with Crippen molar-refractivity contribution in [1.82, 2.24) is 4.98 Å². The van der Waals surface area contributed by atoms with Crippen LogP contribution < -0.4 is 4.74 Å². The Morgan fingerprint density at radius 3 is 2.67 bits per heavy atom. The van der Waals surface area contributed by atoms with Crippen molar-refractivity contribution < 1.29 is 13.9 Å². The van der Waals surface area contributed by atoms with Crippen molar-refractivity contribution >= 4 is 40.1 Å². The number of aromatic nitrogens is 1. The van der Waals surface area contributed by atoms with Gasteiger partial charge in [-0.05, 0) is 36.8 Å². The normalized spacial score (nSPS) is 10.8. The number of pyridine rings is 1. The highest BCUT2D eigenvalue weighted by molar-refractivity contribution is 6.39. The maximum Gasteiger partial charge on any atom is 0.315 e. The molecule has 0 aliphatic heterocycles. The summed E-state index contributed by atoms with van der Waals surface area (Å²) < 4.78 is 19.0. The van der Waals surface area contributed by atoms with Crippen LogP contribution in [0.5, 0.6) is 5.75 Å². The van der Waals surface area contributed by atoms with E-state index >= 15 is 0 Å². The first-order valence-corrected chi connectivity index (χ1v) is 7.90. The third kappa shape index (κ3) is 3.35. The molecule has 0 aliphatic carbocycles. The summed E-state index contributed by atoms with van der Waals surface area (Å²) in [5.74, 6) is -0.967. The number of hydrogen-bond donors (Lipinski definition) is 0. The van der Waals surface area contributed by atoms with E-state index in [0.29, 0.717) is 15.9 Å². The molecule has 0 spiro atoms. The van der Waals surface area contributed by atoms with Crippen LogP contribution in [0, 0.1) is 12.7 Å². The van der Waals surface area contributed by atoms with E-state index in [1.807, 2.05) is 0 Å². The average Bonchev–Trinajstić information content (AvgIpc) is 2.53. The van der Waals surface area contributed by atoms with Crippen LogP contribution >= 0.6 is 23.2 Å². The average molecular weight is 364 g/mol. The monoisotopic (exact) mass is 363 g/mol. The lowest BCUT2D eigenvalue weighted by atomic mass is 10.1. The molecule has 0 radical (unpaired) electrons. The van der Waals surface area contributed by atoms with E-state index in [0.717, 1.165) is 5.69 Å². The molecule has 3 nitrogen and oxygen atoms in total. The topological polar surface area (TPSA) is 39.2 Å². The molecule has 3 aromatic rings. The van der Waals surface area contributed by atoms with Crippen LogP contribution in [0.1, 0.15) is 11.3 Å². The number of hydrogen-bond acceptors (Lipinski definition) is 3. The number of carbonyl (C=O) groups excluding carboxylic acids is 1. The highest BCUT2D eigenvalue weighted by Gasteiger charge is 2.17. The number of ether oxygens (including phenoxy) is 1. The summed E-state index contributed by atoms with van der Waals surface area (Å²) in [5, 5.41) is 1.21. The zero-order valence-corrected chi connectivity index (χ0v) is 14.2. The summed E-state index contributed by atoms with van der Waals surface area (Å²) in [4.78, 5) is 16.5. The van der Waals surface area contributed by atoms with Gasteiger partial charge in [-0.25, -0.2) is 9.37 Å². The molecule has 0 fully saturated rings. The smallest absolute Gasteiger partial charge is 0.315 e. The van der Waals surface area contributed by atoms with Crippen LogP contribution in [0.3, 0.4) is 0 Å². The fraction of sp³-hybridized carbons (Fsp3) is 0.111. The van der Waals surface area contributed by atoms with Gasteiger partial charge >= 0.3 is 5.97 Å². The second-order valence-electron chi connectivity index (χ2n) is 5.26. The van der Waals surface area contributed by atoms with E-state index in [1.165, 1.54) is 18.2 Å². The van der Waals surface area contributed by atoms with Gasteiger partial charge in [0.1, 0.15) is 11.3 Å². The molecule has 0 amide bonds. The quantitative estimate of drug-likeness (QED) is 0.477. The number of aryl methyl sites for hydroxylation is 1. The van der Waals surface area contributed by atoms with Crippen LogP contribution in [-0.4, -0.2) is 11.0 Å². The molecule has 1 aromatic heterocycles. The lowest BCUT2D eigenvalue weighted by molar-refractivity contribution is -0.133. The molecular formula is C18H12Cl2FNO2. The van der Waals surface area contributed by atoms with E-state index in [2.05, 4.69) is 4.98 Å². The molecule has 24 heavy (non-hydrogen) atoms. The third-order valence-electron chi connectivity index (χ3n) is 3.49. The zero-order valence-electron chi connectivity index (χ0n) is 12.6. The van der Waals surface area contributed by atoms with Gasteiger partial charge in [-0.1, -0.05) is 41.4 Å². The SMILES string of the molecule is Cc1ccc2c(Cl)cc(Cl)c(OC(=O)Cc3ccccc3F)c2n1. The summed E-state index contributed by atoms with van der Waals surface area (Å²) in [6.07, 6.45) is -0.209. The Hall–Kier alpha value is -2.17. The Morgan fingerprint density at radius 1 is 1.17 bits per heavy atom. The molecule has 0 bridgehead atoms. The number of carbonyl (C=O) groups is 1. The van der Waals surface area contributed by atoms with Gasteiger partial charge in [0.15, 0.2) is 5.75 Å². The summed E-state index contributed by atoms with van der Waals surface area (Å²) in [6.45, 7) is 1.80. The van der Waals surface area contributed by atoms with Crippen molar-refractivity contribution in [3.05, 3.63) is 69.6 Å². The van der Waals surface area contributed by atoms with Gasteiger partial charge in [0.25, 0.3) is 0 Å². The van der Waals surface area contributed by atoms with Crippen LogP contribution in [0.2, 0.25) is 10.0 Å². The van der Waals surface area contributed by atoms with Gasteiger partial charge in [-0.15, -0.1) is 0 Å². The Kier molecular flexibility index (Phi) is 4.69. The minimum Gasteiger partial charge on any atom is -0.422 e. The second-order valence-corrected chi connectivity index (χ2v) is 6.07. The van der Waals surface area contributed by atoms with E-state index in [-0.39, 0.29) is 22.8 Å². The van der Waals surface area contributed by atoms with Gasteiger partial charge in [0.2, 0.25) is 0 Å². The maximum atomic E-state index is 13.7. The van der Waals surface area contributed by atoms with Crippen LogP contribution in [0.4, 0.5) is 4.39 Å². The predicted octanol–water partition coefficient (Wildman–Crippen LogP) is 5.14. The molecule has 0 saturated carbocycles. The lowest BCUT2D eigenvalue weighted by Gasteiger charge is -2.11. The molecule has 3 rings (SSSR count). The fourth-order valence-electron chi connectivity index (χ4n) is 2.33. The Morgan fingerprint density at radius 2 is 1.92 bits per heavy atom. The summed E-state index contributed by atoms with van der Waals surface area (Å²) in [5.41, 5.74) is 1.38. The predicted molar refractivity (Wildman–Crippen MR) is 92.2 cm³/mol. The zero-order chi connectivity index (χ0) is 17.3. The standard InChI is InChI=1S/C18H12Cl2FNO2/c1-10-6-7-12-13(19)9-14(20)18(17(12)22-10)24-16(23)8-11-4-2-3-5-15(11)21/h2-7,9H,8H2,1H3. The van der Waals surface area contributed by atoms with Gasteiger partial charge in [-0.3, -0.25) is 4.79 Å². The van der Waals surface area contributed by atoms with Crippen LogP contribution in [0.25, 0.3) is 10.9 Å². The van der Waals surface area contributed by atoms with E-state index in [4.69, 9.17) is 27.9 Å². The minimum absolute atomic E-state index is 0.126. The Bertz CT molecular complexity index is 944. The van der Waals surface area contributed by atoms with Crippen LogP contribution in [-0.2, 0) is 11.2 Å². The first kappa shape index (κ1) is 16.7. The van der Waals surface area contributed by atoms with Crippen molar-refractivity contribution in [2.75, 3.05) is 0 Å². The molecular weight excluding hydrogens is 352 g/mol. The molecule has 0 aliphatic rings. The molecule has 0 unspecified atom stereocenters. The van der Waals surface area contributed by atoms with Gasteiger partial charge in [0, 0.05) is 11.1 Å². The summed E-state index contributed by atoms with van der Waals surface area (Å²) in [7, 11) is 0. The molecule has 2 aromatic carbocycles. The summed E-state index contributed by atoms with van der Waals surface area (Å²) in [6, 6.07) is 11.1. The Balaban J connectivity index is 1.96. The lowest BCUT2D eigenvalue weighted by Crippen LogP contribution is -2.13. The van der Waals surface area contributed by atoms with E-state index < -0.39 is 11.8 Å². The number of fused-ring (bicyclic) bond motifs is 1. The van der Waals surface area contributed by atoms with Crippen molar-refractivity contribution in [3.8, 4) is 5.75 Å². The number of nitrogens with zero attached hydrogens (tertiary/aromatic N) is 1. The van der Waals surface area contributed by atoms with Crippen LogP contribution in [0.15, 0.2) is 42.5 Å². The van der Waals surface area contributed by atoms with Gasteiger partial charge in [-0.2, -0.15) is 0 Å². The Labute approximate surface area is 148 Å². The maximum absolute atomic E-state index is 13.7. The molecule has 6 heteroatoms. The molecule has 122 valence electrons. The van der Waals surface area contributed by atoms with Gasteiger partial charge in [0.05, 0.1) is 16.5 Å². The number of esters is 1. The number of rotatable bonds is 3. The summed E-state index contributed by atoms with van der Waals surface area (Å²) >= 11 is 12.3. The van der Waals surface area contributed by atoms with Crippen molar-refractivity contribution in [1.29, 1.82) is 0 Å². The first-order chi connectivity index (χ1) is 11.5.